The Balaban J connectivity index is 2.90. The number of hydrogen-bond acceptors (Lipinski definition) is 5. The van der Waals surface area contributed by atoms with Crippen molar-refractivity contribution in [3.05, 3.63) is 17.7 Å². The highest BCUT2D eigenvalue weighted by atomic mass is 32.2. The predicted octanol–water partition coefficient (Wildman–Crippen LogP) is 1.21. The molecule has 0 radical (unpaired) electrons. The maximum Gasteiger partial charge on any atom is 0.244 e. The molecule has 1 aromatic carbocycles. The van der Waals surface area contributed by atoms with Gasteiger partial charge < -0.3 is 15.4 Å². The molecule has 0 aliphatic rings. The lowest BCUT2D eigenvalue weighted by Crippen LogP contribution is -2.35. The molecule has 0 aliphatic heterocycles. The highest BCUT2D eigenvalue weighted by Gasteiger charge is 2.20. The number of nitrogens with two attached hydrogens (primary N) is 1. The summed E-state index contributed by atoms with van der Waals surface area (Å²) in [6.07, 6.45) is 0. The van der Waals surface area contributed by atoms with Crippen molar-refractivity contribution in [2.24, 2.45) is 0 Å². The van der Waals surface area contributed by atoms with Gasteiger partial charge in [0, 0.05) is 18.8 Å². The third-order valence-electron chi connectivity index (χ3n) is 3.46. The molecule has 3 N–H and O–H groups in total. The van der Waals surface area contributed by atoms with Crippen molar-refractivity contribution >= 4 is 15.7 Å². The Morgan fingerprint density at radius 3 is 2.43 bits per heavy atom. The summed E-state index contributed by atoms with van der Waals surface area (Å²) in [5, 5.41) is 0. The van der Waals surface area contributed by atoms with Gasteiger partial charge in [0.25, 0.3) is 0 Å². The van der Waals surface area contributed by atoms with Gasteiger partial charge in [-0.3, -0.25) is 0 Å². The van der Waals surface area contributed by atoms with Crippen LogP contribution in [0.5, 0.6) is 5.75 Å². The fraction of sp³-hybridized carbons (Fsp3) is 0.571. The summed E-state index contributed by atoms with van der Waals surface area (Å²) in [6, 6.07) is 3.07. The predicted molar refractivity (Wildman–Crippen MR) is 85.1 cm³/mol. The van der Waals surface area contributed by atoms with Gasteiger partial charge >= 0.3 is 0 Å². The molecule has 1 rings (SSSR count). The summed E-state index contributed by atoms with van der Waals surface area (Å²) in [7, 11) is -2.19. The summed E-state index contributed by atoms with van der Waals surface area (Å²) in [5.74, 6) is 0.303. The van der Waals surface area contributed by atoms with E-state index in [0.29, 0.717) is 24.5 Å². The second kappa shape index (κ2) is 7.63. The molecule has 0 spiro atoms. The lowest BCUT2D eigenvalue weighted by atomic mass is 10.2. The third kappa shape index (κ3) is 4.59. The number of rotatable bonds is 8. The van der Waals surface area contributed by atoms with E-state index in [9.17, 15) is 8.42 Å². The molecule has 1 aromatic rings. The van der Waals surface area contributed by atoms with Crippen LogP contribution in [0.25, 0.3) is 0 Å². The van der Waals surface area contributed by atoms with Gasteiger partial charge in [-0.1, -0.05) is 13.8 Å². The van der Waals surface area contributed by atoms with Crippen LogP contribution in [0.2, 0.25) is 0 Å². The van der Waals surface area contributed by atoms with E-state index >= 15 is 0 Å². The van der Waals surface area contributed by atoms with Crippen molar-refractivity contribution in [2.45, 2.75) is 25.7 Å². The topological polar surface area (TPSA) is 84.7 Å². The molecule has 0 fully saturated rings. The van der Waals surface area contributed by atoms with Gasteiger partial charge in [-0.2, -0.15) is 0 Å². The molecule has 120 valence electrons. The van der Waals surface area contributed by atoms with E-state index in [-0.39, 0.29) is 4.90 Å². The van der Waals surface area contributed by atoms with Gasteiger partial charge in [0.2, 0.25) is 10.0 Å². The number of nitrogen functional groups attached to an aromatic ring is 1. The first-order valence-electron chi connectivity index (χ1n) is 7.01. The largest absolute Gasteiger partial charge is 0.495 e. The number of methoxy groups -OCH3 is 1. The number of nitrogens with zero attached hydrogens (tertiary/aromatic N) is 1. The molecule has 0 heterocycles. The van der Waals surface area contributed by atoms with E-state index in [4.69, 9.17) is 10.5 Å². The minimum Gasteiger partial charge on any atom is -0.495 e. The second-order valence-electron chi connectivity index (χ2n) is 4.78. The van der Waals surface area contributed by atoms with Gasteiger partial charge in [-0.05, 0) is 37.7 Å². The first kappa shape index (κ1) is 17.7. The first-order valence-corrected chi connectivity index (χ1v) is 8.50. The number of sulfonamides is 1. The lowest BCUT2D eigenvalue weighted by Gasteiger charge is -2.18. The Labute approximate surface area is 127 Å². The highest BCUT2D eigenvalue weighted by Crippen LogP contribution is 2.28. The van der Waals surface area contributed by atoms with E-state index < -0.39 is 10.0 Å². The molecule has 0 atom stereocenters. The molecule has 0 amide bonds. The molecule has 0 aliphatic carbocycles. The zero-order valence-corrected chi connectivity index (χ0v) is 14.0. The Bertz CT molecular complexity index is 569. The van der Waals surface area contributed by atoms with Crippen LogP contribution in [-0.2, 0) is 10.0 Å². The minimum atomic E-state index is -3.64. The van der Waals surface area contributed by atoms with Crippen LogP contribution >= 0.6 is 0 Å². The maximum absolute atomic E-state index is 12.4. The van der Waals surface area contributed by atoms with E-state index in [1.54, 1.807) is 6.07 Å². The van der Waals surface area contributed by atoms with Crippen LogP contribution in [0, 0.1) is 6.92 Å². The van der Waals surface area contributed by atoms with Crippen molar-refractivity contribution in [3.8, 4) is 5.75 Å². The van der Waals surface area contributed by atoms with E-state index in [2.05, 4.69) is 9.62 Å². The number of aryl methyl sites for hydroxylation is 1. The van der Waals surface area contributed by atoms with Crippen LogP contribution in [0.1, 0.15) is 19.4 Å². The number of nitrogens with one attached hydrogen (secondary N) is 1. The summed E-state index contributed by atoms with van der Waals surface area (Å²) in [4.78, 5) is 2.22. The van der Waals surface area contributed by atoms with Crippen LogP contribution in [0.4, 0.5) is 5.69 Å². The third-order valence-corrected chi connectivity index (χ3v) is 4.94. The van der Waals surface area contributed by atoms with Crippen molar-refractivity contribution in [1.82, 2.24) is 9.62 Å². The zero-order chi connectivity index (χ0) is 16.0. The SMILES string of the molecule is CCN(CC)CCNS(=O)(=O)c1cc(N)c(C)cc1OC. The van der Waals surface area contributed by atoms with E-state index in [1.165, 1.54) is 13.2 Å². The summed E-state index contributed by atoms with van der Waals surface area (Å²) < 4.78 is 32.5. The highest BCUT2D eigenvalue weighted by molar-refractivity contribution is 7.89. The average molecular weight is 315 g/mol. The number of likely N-dealkylation sites (N-methyl/N-ethyl adjacent to an activating group) is 1. The summed E-state index contributed by atoms with van der Waals surface area (Å²) >= 11 is 0. The fourth-order valence-corrected chi connectivity index (χ4v) is 3.21. The Morgan fingerprint density at radius 2 is 1.90 bits per heavy atom. The molecular weight excluding hydrogens is 290 g/mol. The number of hydrogen-bond donors (Lipinski definition) is 2. The van der Waals surface area contributed by atoms with Gasteiger partial charge in [0.1, 0.15) is 10.6 Å². The molecule has 0 saturated carbocycles. The number of benzene rings is 1. The monoisotopic (exact) mass is 315 g/mol. The van der Waals surface area contributed by atoms with Gasteiger partial charge in [-0.25, -0.2) is 13.1 Å². The first-order chi connectivity index (χ1) is 9.85. The Kier molecular flexibility index (Phi) is 6.44. The summed E-state index contributed by atoms with van der Waals surface area (Å²) in [6.45, 7) is 8.68. The van der Waals surface area contributed by atoms with Crippen molar-refractivity contribution in [2.75, 3.05) is 39.0 Å². The van der Waals surface area contributed by atoms with E-state index in [0.717, 1.165) is 18.7 Å². The summed E-state index contributed by atoms with van der Waals surface area (Å²) in [5.41, 5.74) is 7.02. The number of ether oxygens (including phenoxy) is 1. The van der Waals surface area contributed by atoms with Crippen LogP contribution in [0.3, 0.4) is 0 Å². The van der Waals surface area contributed by atoms with Gasteiger partial charge in [0.15, 0.2) is 0 Å². The zero-order valence-electron chi connectivity index (χ0n) is 13.1. The Hall–Kier alpha value is -1.31. The maximum atomic E-state index is 12.4. The molecule has 21 heavy (non-hydrogen) atoms. The molecule has 0 bridgehead atoms. The molecule has 7 heteroatoms. The molecular formula is C14H25N3O3S. The second-order valence-corrected chi connectivity index (χ2v) is 6.52. The van der Waals surface area contributed by atoms with Crippen LogP contribution < -0.4 is 15.2 Å². The smallest absolute Gasteiger partial charge is 0.244 e. The van der Waals surface area contributed by atoms with Crippen LogP contribution in [0.15, 0.2) is 17.0 Å². The van der Waals surface area contributed by atoms with Crippen molar-refractivity contribution < 1.29 is 13.2 Å². The fourth-order valence-electron chi connectivity index (χ4n) is 2.00. The molecule has 6 nitrogen and oxygen atoms in total. The molecule has 0 saturated heterocycles. The van der Waals surface area contributed by atoms with Crippen LogP contribution in [-0.4, -0.2) is 46.6 Å². The van der Waals surface area contributed by atoms with Gasteiger partial charge in [0.05, 0.1) is 7.11 Å². The quantitative estimate of drug-likeness (QED) is 0.704. The Morgan fingerprint density at radius 1 is 1.29 bits per heavy atom. The van der Waals surface area contributed by atoms with Crippen molar-refractivity contribution in [3.63, 3.8) is 0 Å². The molecule has 0 unspecified atom stereocenters. The lowest BCUT2D eigenvalue weighted by molar-refractivity contribution is 0.309. The molecule has 0 aromatic heterocycles. The average Bonchev–Trinajstić information content (AvgIpc) is 2.45. The minimum absolute atomic E-state index is 0.0765. The van der Waals surface area contributed by atoms with E-state index in [1.807, 2.05) is 20.8 Å². The normalized spacial score (nSPS) is 11.9. The standard InChI is InChI=1S/C14H25N3O3S/c1-5-17(6-2)8-7-16-21(18,19)14-10-12(15)11(3)9-13(14)20-4/h9-10,16H,5-8,15H2,1-4H3. The van der Waals surface area contributed by atoms with Gasteiger partial charge in [-0.15, -0.1) is 0 Å². The number of anilines is 1. The van der Waals surface area contributed by atoms with Crippen molar-refractivity contribution in [1.29, 1.82) is 0 Å².